The van der Waals surface area contributed by atoms with E-state index >= 15 is 0 Å². The third-order valence-corrected chi connectivity index (χ3v) is 4.01. The molecule has 0 saturated carbocycles. The average molecular weight is 358 g/mol. The van der Waals surface area contributed by atoms with Crippen LogP contribution < -0.4 is 0 Å². The number of hydrogen-bond acceptors (Lipinski definition) is 1. The molecule has 0 aromatic heterocycles. The summed E-state index contributed by atoms with van der Waals surface area (Å²) in [5.74, 6) is -1.62. The van der Waals surface area contributed by atoms with E-state index in [2.05, 4.69) is 15.9 Å². The van der Waals surface area contributed by atoms with Crippen LogP contribution in [-0.4, -0.2) is 11.1 Å². The van der Waals surface area contributed by atoms with Crippen molar-refractivity contribution in [3.8, 4) is 0 Å². The van der Waals surface area contributed by atoms with Crippen molar-refractivity contribution < 1.29 is 14.3 Å². The molecule has 0 fully saturated rings. The van der Waals surface area contributed by atoms with Gasteiger partial charge in [0.1, 0.15) is 5.82 Å². The molecule has 2 rings (SSSR count). The van der Waals surface area contributed by atoms with Crippen molar-refractivity contribution in [2.45, 2.75) is 12.8 Å². The average Bonchev–Trinajstić information content (AvgIpc) is 2.40. The summed E-state index contributed by atoms with van der Waals surface area (Å²) in [6, 6.07) is 9.44. The Kier molecular flexibility index (Phi) is 4.78. The summed E-state index contributed by atoms with van der Waals surface area (Å²) in [4.78, 5) is 11.1. The fourth-order valence-corrected chi connectivity index (χ4v) is 2.65. The van der Waals surface area contributed by atoms with Crippen LogP contribution in [0.3, 0.4) is 0 Å². The summed E-state index contributed by atoms with van der Waals surface area (Å²) < 4.78 is 14.7. The van der Waals surface area contributed by atoms with Crippen LogP contribution in [0.4, 0.5) is 4.39 Å². The molecule has 20 heavy (non-hydrogen) atoms. The molecule has 0 aliphatic rings. The van der Waals surface area contributed by atoms with Crippen LogP contribution in [0.1, 0.15) is 21.5 Å². The third kappa shape index (κ3) is 3.38. The van der Waals surface area contributed by atoms with Crippen molar-refractivity contribution in [2.24, 2.45) is 0 Å². The second kappa shape index (κ2) is 6.37. The van der Waals surface area contributed by atoms with Crippen LogP contribution in [0.5, 0.6) is 0 Å². The zero-order chi connectivity index (χ0) is 14.7. The van der Waals surface area contributed by atoms with Crippen LogP contribution in [0.25, 0.3) is 0 Å². The third-order valence-electron chi connectivity index (χ3n) is 3.00. The molecule has 0 radical (unpaired) electrons. The van der Waals surface area contributed by atoms with Crippen molar-refractivity contribution in [3.63, 3.8) is 0 Å². The van der Waals surface area contributed by atoms with Gasteiger partial charge in [-0.3, -0.25) is 0 Å². The van der Waals surface area contributed by atoms with Crippen LogP contribution in [-0.2, 0) is 12.8 Å². The first-order valence-electron chi connectivity index (χ1n) is 5.93. The summed E-state index contributed by atoms with van der Waals surface area (Å²) in [6.45, 7) is 0. The first-order chi connectivity index (χ1) is 9.49. The predicted molar refractivity (Wildman–Crippen MR) is 79.9 cm³/mol. The predicted octanol–water partition coefficient (Wildman–Crippen LogP) is 4.73. The second-order valence-electron chi connectivity index (χ2n) is 4.31. The highest BCUT2D eigenvalue weighted by atomic mass is 79.9. The normalized spacial score (nSPS) is 10.6. The second-order valence-corrected chi connectivity index (χ2v) is 5.60. The Morgan fingerprint density at radius 1 is 1.25 bits per heavy atom. The van der Waals surface area contributed by atoms with E-state index in [1.807, 2.05) is 6.07 Å². The number of aromatic carboxylic acids is 1. The molecule has 0 amide bonds. The van der Waals surface area contributed by atoms with E-state index in [1.54, 1.807) is 12.1 Å². The SMILES string of the molecule is O=C(O)c1cccc(F)c1CCc1cc(Cl)ccc1Br. The van der Waals surface area contributed by atoms with Gasteiger partial charge in [0.15, 0.2) is 0 Å². The number of carboxylic acid groups (broad SMARTS) is 1. The molecule has 5 heteroatoms. The monoisotopic (exact) mass is 356 g/mol. The van der Waals surface area contributed by atoms with Crippen molar-refractivity contribution in [1.29, 1.82) is 0 Å². The molecule has 2 nitrogen and oxygen atoms in total. The van der Waals surface area contributed by atoms with Gasteiger partial charge in [0.2, 0.25) is 0 Å². The number of halogens is 3. The number of rotatable bonds is 4. The minimum Gasteiger partial charge on any atom is -0.478 e. The van der Waals surface area contributed by atoms with Crippen molar-refractivity contribution in [2.75, 3.05) is 0 Å². The van der Waals surface area contributed by atoms with Crippen LogP contribution in [0.2, 0.25) is 5.02 Å². The van der Waals surface area contributed by atoms with Crippen LogP contribution in [0, 0.1) is 5.82 Å². The molecular weight excluding hydrogens is 347 g/mol. The maximum absolute atomic E-state index is 13.8. The topological polar surface area (TPSA) is 37.3 Å². The van der Waals surface area contributed by atoms with Crippen LogP contribution >= 0.6 is 27.5 Å². The standard InChI is InChI=1S/C15H11BrClFO2/c16-13-7-5-10(17)8-9(13)4-6-11-12(15(19)20)2-1-3-14(11)18/h1-3,5,7-8H,4,6H2,(H,19,20). The Morgan fingerprint density at radius 3 is 2.70 bits per heavy atom. The quantitative estimate of drug-likeness (QED) is 0.859. The molecule has 0 spiro atoms. The lowest BCUT2D eigenvalue weighted by molar-refractivity contribution is 0.0695. The number of hydrogen-bond donors (Lipinski definition) is 1. The van der Waals surface area contributed by atoms with E-state index in [0.717, 1.165) is 10.0 Å². The Bertz CT molecular complexity index is 658. The van der Waals surface area contributed by atoms with Gasteiger partial charge >= 0.3 is 5.97 Å². The first-order valence-corrected chi connectivity index (χ1v) is 7.10. The lowest BCUT2D eigenvalue weighted by Gasteiger charge is -2.09. The minimum atomic E-state index is -1.12. The highest BCUT2D eigenvalue weighted by Gasteiger charge is 2.14. The van der Waals surface area contributed by atoms with E-state index < -0.39 is 11.8 Å². The molecule has 0 aliphatic heterocycles. The van der Waals surface area contributed by atoms with Gasteiger partial charge in [-0.15, -0.1) is 0 Å². The van der Waals surface area contributed by atoms with Gasteiger partial charge in [0, 0.05) is 15.1 Å². The molecule has 104 valence electrons. The lowest BCUT2D eigenvalue weighted by Crippen LogP contribution is -2.06. The van der Waals surface area contributed by atoms with Gasteiger partial charge in [-0.2, -0.15) is 0 Å². The Labute approximate surface area is 129 Å². The van der Waals surface area contributed by atoms with E-state index in [1.165, 1.54) is 18.2 Å². The van der Waals surface area contributed by atoms with Crippen molar-refractivity contribution in [3.05, 3.63) is 68.4 Å². The fourth-order valence-electron chi connectivity index (χ4n) is 2.01. The van der Waals surface area contributed by atoms with Crippen LogP contribution in [0.15, 0.2) is 40.9 Å². The molecule has 0 aliphatic carbocycles. The van der Waals surface area contributed by atoms with Gasteiger partial charge < -0.3 is 5.11 Å². The maximum Gasteiger partial charge on any atom is 0.336 e. The summed E-state index contributed by atoms with van der Waals surface area (Å²) >= 11 is 9.32. The number of carbonyl (C=O) groups is 1. The zero-order valence-electron chi connectivity index (χ0n) is 10.4. The van der Waals surface area contributed by atoms with Gasteiger partial charge in [-0.1, -0.05) is 33.6 Å². The molecular formula is C15H11BrClFO2. The Balaban J connectivity index is 2.27. The van der Waals surface area contributed by atoms with Crippen molar-refractivity contribution in [1.82, 2.24) is 0 Å². The molecule has 2 aromatic carbocycles. The highest BCUT2D eigenvalue weighted by Crippen LogP contribution is 2.24. The Morgan fingerprint density at radius 2 is 2.00 bits per heavy atom. The van der Waals surface area contributed by atoms with E-state index in [0.29, 0.717) is 17.9 Å². The number of aryl methyl sites for hydroxylation is 1. The van der Waals surface area contributed by atoms with Gasteiger partial charge in [0.25, 0.3) is 0 Å². The van der Waals surface area contributed by atoms with Gasteiger partial charge in [-0.05, 0) is 48.7 Å². The zero-order valence-corrected chi connectivity index (χ0v) is 12.7. The first kappa shape index (κ1) is 15.0. The summed E-state index contributed by atoms with van der Waals surface area (Å²) in [5.41, 5.74) is 1.13. The van der Waals surface area contributed by atoms with E-state index in [9.17, 15) is 9.18 Å². The van der Waals surface area contributed by atoms with Gasteiger partial charge in [-0.25, -0.2) is 9.18 Å². The van der Waals surface area contributed by atoms with E-state index in [-0.39, 0.29) is 11.1 Å². The molecule has 0 bridgehead atoms. The lowest BCUT2D eigenvalue weighted by atomic mass is 9.99. The summed E-state index contributed by atoms with van der Waals surface area (Å²) in [7, 11) is 0. The highest BCUT2D eigenvalue weighted by molar-refractivity contribution is 9.10. The number of benzene rings is 2. The molecule has 1 N–H and O–H groups in total. The summed E-state index contributed by atoms with van der Waals surface area (Å²) in [6.07, 6.45) is 0.801. The molecule has 0 heterocycles. The smallest absolute Gasteiger partial charge is 0.336 e. The largest absolute Gasteiger partial charge is 0.478 e. The van der Waals surface area contributed by atoms with E-state index in [4.69, 9.17) is 16.7 Å². The molecule has 0 saturated heterocycles. The fraction of sp³-hybridized carbons (Fsp3) is 0.133. The van der Waals surface area contributed by atoms with Crippen molar-refractivity contribution >= 4 is 33.5 Å². The van der Waals surface area contributed by atoms with Gasteiger partial charge in [0.05, 0.1) is 5.56 Å². The number of carboxylic acids is 1. The molecule has 0 unspecified atom stereocenters. The Hall–Kier alpha value is -1.39. The molecule has 0 atom stereocenters. The minimum absolute atomic E-state index is 0.00292. The summed E-state index contributed by atoms with van der Waals surface area (Å²) in [5, 5.41) is 9.68. The maximum atomic E-state index is 13.8. The molecule has 2 aromatic rings.